The van der Waals surface area contributed by atoms with Crippen LogP contribution in [0.5, 0.6) is 0 Å². The molecule has 2 N–H and O–H groups in total. The van der Waals surface area contributed by atoms with E-state index >= 15 is 0 Å². The molecule has 1 fully saturated rings. The number of hydrogen-bond donors (Lipinski definition) is 2. The van der Waals surface area contributed by atoms with Gasteiger partial charge in [0, 0.05) is 36.8 Å². The number of ether oxygens (including phenoxy) is 1. The second kappa shape index (κ2) is 9.72. The van der Waals surface area contributed by atoms with Crippen LogP contribution in [0.1, 0.15) is 6.42 Å². The van der Waals surface area contributed by atoms with Gasteiger partial charge in [-0.3, -0.25) is 9.59 Å². The topological polar surface area (TPSA) is 70.7 Å². The first-order valence-electron chi connectivity index (χ1n) is 7.15. The molecule has 1 unspecified atom stereocenters. The summed E-state index contributed by atoms with van der Waals surface area (Å²) in [5.41, 5.74) is 0.612. The van der Waals surface area contributed by atoms with Crippen molar-refractivity contribution in [1.82, 2.24) is 10.2 Å². The standard InChI is InChI=1S/C15H20ClN3O3.ClH/c1-19(15(21)8-13-10-22-6-5-17-13)9-14(20)18-12-4-2-3-11(16)7-12;/h2-4,7,13,17H,5-6,8-10H2,1H3,(H,18,20);1H. The van der Waals surface area contributed by atoms with Crippen LogP contribution in [0.3, 0.4) is 0 Å². The summed E-state index contributed by atoms with van der Waals surface area (Å²) in [5.74, 6) is -0.352. The Labute approximate surface area is 146 Å². The molecule has 0 spiro atoms. The highest BCUT2D eigenvalue weighted by Gasteiger charge is 2.20. The Hall–Kier alpha value is -1.34. The van der Waals surface area contributed by atoms with Crippen molar-refractivity contribution in [1.29, 1.82) is 0 Å². The van der Waals surface area contributed by atoms with Gasteiger partial charge in [0.25, 0.3) is 0 Å². The van der Waals surface area contributed by atoms with Crippen LogP contribution in [0.4, 0.5) is 5.69 Å². The first-order valence-corrected chi connectivity index (χ1v) is 7.53. The molecule has 8 heteroatoms. The summed E-state index contributed by atoms with van der Waals surface area (Å²) >= 11 is 5.86. The Morgan fingerprint density at radius 2 is 2.26 bits per heavy atom. The number of nitrogens with zero attached hydrogens (tertiary/aromatic N) is 1. The van der Waals surface area contributed by atoms with Crippen LogP contribution in [0.15, 0.2) is 24.3 Å². The smallest absolute Gasteiger partial charge is 0.243 e. The minimum atomic E-state index is -0.258. The molecule has 2 amide bonds. The van der Waals surface area contributed by atoms with E-state index in [0.717, 1.165) is 6.54 Å². The first-order chi connectivity index (χ1) is 10.5. The Balaban J connectivity index is 0.00000264. The number of nitrogens with one attached hydrogen (secondary N) is 2. The largest absolute Gasteiger partial charge is 0.378 e. The second-order valence-corrected chi connectivity index (χ2v) is 5.67. The number of rotatable bonds is 5. The lowest BCUT2D eigenvalue weighted by Gasteiger charge is -2.25. The van der Waals surface area contributed by atoms with Crippen LogP contribution >= 0.6 is 24.0 Å². The van der Waals surface area contributed by atoms with Gasteiger partial charge in [-0.05, 0) is 18.2 Å². The van der Waals surface area contributed by atoms with Crippen molar-refractivity contribution >= 4 is 41.5 Å². The van der Waals surface area contributed by atoms with E-state index in [1.165, 1.54) is 4.90 Å². The van der Waals surface area contributed by atoms with E-state index in [1.807, 2.05) is 0 Å². The Kier molecular flexibility index (Phi) is 8.33. The van der Waals surface area contributed by atoms with E-state index in [-0.39, 0.29) is 36.8 Å². The molecule has 1 saturated heterocycles. The summed E-state index contributed by atoms with van der Waals surface area (Å²) in [6, 6.07) is 6.90. The predicted octanol–water partition coefficient (Wildman–Crippen LogP) is 1.54. The number of anilines is 1. The molecule has 1 aliphatic rings. The zero-order valence-corrected chi connectivity index (χ0v) is 14.5. The lowest BCUT2D eigenvalue weighted by molar-refractivity contribution is -0.134. The number of benzene rings is 1. The van der Waals surface area contributed by atoms with Crippen molar-refractivity contribution in [2.24, 2.45) is 0 Å². The fourth-order valence-corrected chi connectivity index (χ4v) is 2.38. The van der Waals surface area contributed by atoms with Crippen LogP contribution < -0.4 is 10.6 Å². The van der Waals surface area contributed by atoms with Gasteiger partial charge < -0.3 is 20.3 Å². The molecule has 1 atom stereocenters. The highest BCUT2D eigenvalue weighted by Crippen LogP contribution is 2.14. The normalized spacial score (nSPS) is 17.0. The zero-order valence-electron chi connectivity index (χ0n) is 12.9. The van der Waals surface area contributed by atoms with Gasteiger partial charge in [-0.1, -0.05) is 17.7 Å². The fourth-order valence-electron chi connectivity index (χ4n) is 2.19. The highest BCUT2D eigenvalue weighted by molar-refractivity contribution is 6.30. The lowest BCUT2D eigenvalue weighted by Crippen LogP contribution is -2.45. The number of hydrogen-bond acceptors (Lipinski definition) is 4. The quantitative estimate of drug-likeness (QED) is 0.834. The Bertz CT molecular complexity index is 536. The maximum atomic E-state index is 12.1. The molecule has 0 bridgehead atoms. The minimum Gasteiger partial charge on any atom is -0.378 e. The molecule has 0 aliphatic carbocycles. The fraction of sp³-hybridized carbons (Fsp3) is 0.467. The van der Waals surface area contributed by atoms with Gasteiger partial charge in [0.2, 0.25) is 11.8 Å². The van der Waals surface area contributed by atoms with Gasteiger partial charge in [0.05, 0.1) is 19.8 Å². The third-order valence-corrected chi connectivity index (χ3v) is 3.57. The predicted molar refractivity (Wildman–Crippen MR) is 92.2 cm³/mol. The van der Waals surface area contributed by atoms with Crippen molar-refractivity contribution in [2.45, 2.75) is 12.5 Å². The van der Waals surface area contributed by atoms with Gasteiger partial charge >= 0.3 is 0 Å². The molecule has 1 heterocycles. The Morgan fingerprint density at radius 3 is 2.91 bits per heavy atom. The minimum absolute atomic E-state index is 0. The zero-order chi connectivity index (χ0) is 15.9. The molecule has 0 aromatic heterocycles. The summed E-state index contributed by atoms with van der Waals surface area (Å²) in [7, 11) is 1.61. The number of carbonyl (C=O) groups is 2. The molecule has 6 nitrogen and oxygen atoms in total. The number of morpholine rings is 1. The van der Waals surface area contributed by atoms with Gasteiger partial charge in [-0.15, -0.1) is 12.4 Å². The van der Waals surface area contributed by atoms with Gasteiger partial charge in [0.15, 0.2) is 0 Å². The van der Waals surface area contributed by atoms with Gasteiger partial charge in [-0.2, -0.15) is 0 Å². The molecule has 23 heavy (non-hydrogen) atoms. The van der Waals surface area contributed by atoms with E-state index in [1.54, 1.807) is 31.3 Å². The van der Waals surface area contributed by atoms with Crippen LogP contribution in [0.2, 0.25) is 5.02 Å². The van der Waals surface area contributed by atoms with Crippen LogP contribution in [-0.2, 0) is 14.3 Å². The van der Waals surface area contributed by atoms with Crippen molar-refractivity contribution in [3.05, 3.63) is 29.3 Å². The van der Waals surface area contributed by atoms with Crippen LogP contribution in [0.25, 0.3) is 0 Å². The third kappa shape index (κ3) is 6.74. The molecule has 1 aromatic carbocycles. The molecular weight excluding hydrogens is 341 g/mol. The number of carbonyl (C=O) groups excluding carboxylic acids is 2. The van der Waals surface area contributed by atoms with Crippen molar-refractivity contribution in [3.8, 4) is 0 Å². The molecular formula is C15H21Cl2N3O3. The number of halogens is 2. The van der Waals surface area contributed by atoms with Gasteiger partial charge in [0.1, 0.15) is 0 Å². The van der Waals surface area contributed by atoms with Crippen LogP contribution in [0, 0.1) is 0 Å². The molecule has 2 rings (SSSR count). The van der Waals surface area contributed by atoms with Crippen LogP contribution in [-0.4, -0.2) is 56.1 Å². The molecule has 0 saturated carbocycles. The molecule has 128 valence electrons. The maximum absolute atomic E-state index is 12.1. The third-order valence-electron chi connectivity index (χ3n) is 3.33. The highest BCUT2D eigenvalue weighted by atomic mass is 35.5. The SMILES string of the molecule is CN(CC(=O)Nc1cccc(Cl)c1)C(=O)CC1COCCN1.Cl. The summed E-state index contributed by atoms with van der Waals surface area (Å²) in [6.07, 6.45) is 0.320. The monoisotopic (exact) mass is 361 g/mol. The van der Waals surface area contributed by atoms with Crippen molar-refractivity contribution < 1.29 is 14.3 Å². The molecule has 1 aliphatic heterocycles. The Morgan fingerprint density at radius 1 is 1.48 bits per heavy atom. The summed E-state index contributed by atoms with van der Waals surface area (Å²) < 4.78 is 5.31. The average Bonchev–Trinajstić information content (AvgIpc) is 2.48. The van der Waals surface area contributed by atoms with Crippen molar-refractivity contribution in [3.63, 3.8) is 0 Å². The summed E-state index contributed by atoms with van der Waals surface area (Å²) in [6.45, 7) is 1.94. The number of likely N-dealkylation sites (N-methyl/N-ethyl adjacent to an activating group) is 1. The van der Waals surface area contributed by atoms with E-state index in [4.69, 9.17) is 16.3 Å². The van der Waals surface area contributed by atoms with E-state index in [0.29, 0.717) is 30.3 Å². The molecule has 1 aromatic rings. The summed E-state index contributed by atoms with van der Waals surface area (Å²) in [5, 5.41) is 6.48. The van der Waals surface area contributed by atoms with Gasteiger partial charge in [-0.25, -0.2) is 0 Å². The lowest BCUT2D eigenvalue weighted by atomic mass is 10.2. The molecule has 0 radical (unpaired) electrons. The second-order valence-electron chi connectivity index (χ2n) is 5.24. The van der Waals surface area contributed by atoms with E-state index in [2.05, 4.69) is 10.6 Å². The van der Waals surface area contributed by atoms with E-state index < -0.39 is 0 Å². The number of amides is 2. The van der Waals surface area contributed by atoms with Crippen molar-refractivity contribution in [2.75, 3.05) is 38.7 Å². The average molecular weight is 362 g/mol. The summed E-state index contributed by atoms with van der Waals surface area (Å²) in [4.78, 5) is 25.4. The van der Waals surface area contributed by atoms with E-state index in [9.17, 15) is 9.59 Å². The maximum Gasteiger partial charge on any atom is 0.243 e. The first kappa shape index (κ1) is 19.7.